The van der Waals surface area contributed by atoms with Gasteiger partial charge >= 0.3 is 6.03 Å². The van der Waals surface area contributed by atoms with E-state index in [1.54, 1.807) is 21.3 Å². The summed E-state index contributed by atoms with van der Waals surface area (Å²) in [6, 6.07) is 12.2. The molecule has 4 rings (SSSR count). The van der Waals surface area contributed by atoms with Gasteiger partial charge in [0.1, 0.15) is 5.75 Å². The first kappa shape index (κ1) is 21.2. The number of hydrogen-bond donors (Lipinski definition) is 1. The number of methoxy groups -OCH3 is 3. The number of hydrogen-bond acceptors (Lipinski definition) is 5. The molecule has 2 aliphatic rings. The number of carbonyl (C=O) groups excluding carboxylic acids is 1. The summed E-state index contributed by atoms with van der Waals surface area (Å²) in [6.45, 7) is 3.91. The first-order valence-corrected chi connectivity index (χ1v) is 10.8. The molecule has 0 aliphatic carbocycles. The lowest BCUT2D eigenvalue weighted by Crippen LogP contribution is -2.44. The predicted molar refractivity (Wildman–Crippen MR) is 120 cm³/mol. The summed E-state index contributed by atoms with van der Waals surface area (Å²) in [5, 5.41) is 3.15. The SMILES string of the molecule is COc1cccc(N2CCC(CNC(=O)N3CCc4cc(OC)c(OC)cc4C3)C2)c1. The van der Waals surface area contributed by atoms with Gasteiger partial charge in [0.25, 0.3) is 0 Å². The van der Waals surface area contributed by atoms with E-state index in [1.165, 1.54) is 11.3 Å². The number of ether oxygens (including phenoxy) is 3. The van der Waals surface area contributed by atoms with E-state index in [2.05, 4.69) is 22.3 Å². The number of anilines is 1. The Labute approximate surface area is 183 Å². The zero-order valence-electron chi connectivity index (χ0n) is 18.5. The number of rotatable bonds is 6. The number of urea groups is 1. The van der Waals surface area contributed by atoms with E-state index in [-0.39, 0.29) is 6.03 Å². The number of nitrogens with zero attached hydrogens (tertiary/aromatic N) is 2. The lowest BCUT2D eigenvalue weighted by atomic mass is 9.99. The highest BCUT2D eigenvalue weighted by Gasteiger charge is 2.26. The van der Waals surface area contributed by atoms with Gasteiger partial charge in [0.2, 0.25) is 0 Å². The zero-order valence-corrected chi connectivity index (χ0v) is 18.5. The molecule has 2 amide bonds. The number of benzene rings is 2. The first-order chi connectivity index (χ1) is 15.1. The fraction of sp³-hybridized carbons (Fsp3) is 0.458. The first-order valence-electron chi connectivity index (χ1n) is 10.8. The quantitative estimate of drug-likeness (QED) is 0.769. The second-order valence-electron chi connectivity index (χ2n) is 8.14. The second-order valence-corrected chi connectivity index (χ2v) is 8.14. The molecule has 2 aliphatic heterocycles. The summed E-state index contributed by atoms with van der Waals surface area (Å²) >= 11 is 0. The van der Waals surface area contributed by atoms with Crippen LogP contribution in [0.1, 0.15) is 17.5 Å². The summed E-state index contributed by atoms with van der Waals surface area (Å²) in [5.74, 6) is 2.75. The monoisotopic (exact) mass is 425 g/mol. The minimum atomic E-state index is 0.000246. The largest absolute Gasteiger partial charge is 0.497 e. The van der Waals surface area contributed by atoms with E-state index >= 15 is 0 Å². The summed E-state index contributed by atoms with van der Waals surface area (Å²) < 4.78 is 16.2. The maximum atomic E-state index is 12.8. The van der Waals surface area contributed by atoms with Crippen LogP contribution in [0.4, 0.5) is 10.5 Å². The molecule has 1 unspecified atom stereocenters. The maximum Gasteiger partial charge on any atom is 0.317 e. The normalized spacial score (nSPS) is 17.8. The molecule has 7 nitrogen and oxygen atoms in total. The smallest absolute Gasteiger partial charge is 0.317 e. The fourth-order valence-corrected chi connectivity index (χ4v) is 4.44. The van der Waals surface area contributed by atoms with E-state index in [4.69, 9.17) is 14.2 Å². The molecular formula is C24H31N3O4. The lowest BCUT2D eigenvalue weighted by molar-refractivity contribution is 0.190. The van der Waals surface area contributed by atoms with Crippen molar-refractivity contribution < 1.29 is 19.0 Å². The van der Waals surface area contributed by atoms with Crippen LogP contribution < -0.4 is 24.4 Å². The van der Waals surface area contributed by atoms with Gasteiger partial charge in [0.05, 0.1) is 21.3 Å². The van der Waals surface area contributed by atoms with Crippen molar-refractivity contribution in [3.63, 3.8) is 0 Å². The number of amides is 2. The molecule has 2 heterocycles. The van der Waals surface area contributed by atoms with Crippen LogP contribution in [0.25, 0.3) is 0 Å². The molecule has 1 fully saturated rings. The van der Waals surface area contributed by atoms with Gasteiger partial charge in [-0.1, -0.05) is 6.07 Å². The molecule has 0 bridgehead atoms. The van der Waals surface area contributed by atoms with Crippen molar-refractivity contribution in [2.24, 2.45) is 5.92 Å². The molecule has 1 atom stereocenters. The summed E-state index contributed by atoms with van der Waals surface area (Å²) in [5.41, 5.74) is 3.50. The van der Waals surface area contributed by atoms with Crippen LogP contribution in [0.2, 0.25) is 0 Å². The average molecular weight is 426 g/mol. The molecule has 2 aromatic rings. The minimum absolute atomic E-state index is 0.000246. The van der Waals surface area contributed by atoms with Crippen LogP contribution in [0, 0.1) is 5.92 Å². The van der Waals surface area contributed by atoms with Crippen molar-refractivity contribution in [2.75, 3.05) is 52.4 Å². The van der Waals surface area contributed by atoms with Crippen LogP contribution >= 0.6 is 0 Å². The maximum absolute atomic E-state index is 12.8. The van der Waals surface area contributed by atoms with Crippen LogP contribution in [-0.2, 0) is 13.0 Å². The molecule has 31 heavy (non-hydrogen) atoms. The Balaban J connectivity index is 1.31. The Bertz CT molecular complexity index is 933. The van der Waals surface area contributed by atoms with Crippen molar-refractivity contribution in [3.05, 3.63) is 47.5 Å². The van der Waals surface area contributed by atoms with Gasteiger partial charge < -0.3 is 29.3 Å². The van der Waals surface area contributed by atoms with E-state index in [1.807, 2.05) is 29.2 Å². The third kappa shape index (κ3) is 4.65. The zero-order chi connectivity index (χ0) is 21.8. The van der Waals surface area contributed by atoms with Gasteiger partial charge in [-0.3, -0.25) is 0 Å². The number of carbonyl (C=O) groups is 1. The van der Waals surface area contributed by atoms with Gasteiger partial charge in [-0.15, -0.1) is 0 Å². The highest BCUT2D eigenvalue weighted by molar-refractivity contribution is 5.74. The van der Waals surface area contributed by atoms with Gasteiger partial charge in [-0.05, 0) is 54.2 Å². The van der Waals surface area contributed by atoms with E-state index in [9.17, 15) is 4.79 Å². The summed E-state index contributed by atoms with van der Waals surface area (Å²) in [6.07, 6.45) is 1.88. The molecule has 1 saturated heterocycles. The van der Waals surface area contributed by atoms with Crippen LogP contribution in [0.5, 0.6) is 17.2 Å². The molecule has 1 N–H and O–H groups in total. The van der Waals surface area contributed by atoms with Crippen molar-refractivity contribution in [2.45, 2.75) is 19.4 Å². The fourth-order valence-electron chi connectivity index (χ4n) is 4.44. The molecule has 0 aromatic heterocycles. The van der Waals surface area contributed by atoms with Gasteiger partial charge in [0.15, 0.2) is 11.5 Å². The van der Waals surface area contributed by atoms with Gasteiger partial charge in [-0.25, -0.2) is 4.79 Å². The Morgan fingerprint density at radius 2 is 1.81 bits per heavy atom. The third-order valence-electron chi connectivity index (χ3n) is 6.25. The van der Waals surface area contributed by atoms with E-state index < -0.39 is 0 Å². The molecule has 0 saturated carbocycles. The molecular weight excluding hydrogens is 394 g/mol. The Morgan fingerprint density at radius 3 is 2.55 bits per heavy atom. The van der Waals surface area contributed by atoms with Crippen molar-refractivity contribution >= 4 is 11.7 Å². The number of nitrogens with one attached hydrogen (secondary N) is 1. The van der Waals surface area contributed by atoms with Crippen LogP contribution in [0.15, 0.2) is 36.4 Å². The topological polar surface area (TPSA) is 63.3 Å². The lowest BCUT2D eigenvalue weighted by Gasteiger charge is -2.30. The number of fused-ring (bicyclic) bond motifs is 1. The van der Waals surface area contributed by atoms with Gasteiger partial charge in [0, 0.05) is 44.5 Å². The average Bonchev–Trinajstić information content (AvgIpc) is 3.30. The third-order valence-corrected chi connectivity index (χ3v) is 6.25. The highest BCUT2D eigenvalue weighted by atomic mass is 16.5. The van der Waals surface area contributed by atoms with E-state index in [0.29, 0.717) is 31.3 Å². The van der Waals surface area contributed by atoms with Crippen LogP contribution in [-0.4, -0.2) is 58.4 Å². The minimum Gasteiger partial charge on any atom is -0.497 e. The second kappa shape index (κ2) is 9.37. The Morgan fingerprint density at radius 1 is 1.03 bits per heavy atom. The standard InChI is InChI=1S/C24H31N3O4/c1-29-21-6-4-5-20(13-21)26-9-7-17(15-26)14-25-24(28)27-10-8-18-11-22(30-2)23(31-3)12-19(18)16-27/h4-6,11-13,17H,7-10,14-16H2,1-3H3,(H,25,28). The molecule has 0 spiro atoms. The summed E-state index contributed by atoms with van der Waals surface area (Å²) in [4.78, 5) is 17.0. The Hall–Kier alpha value is -3.09. The van der Waals surface area contributed by atoms with Gasteiger partial charge in [-0.2, -0.15) is 0 Å². The van der Waals surface area contributed by atoms with Crippen molar-refractivity contribution in [3.8, 4) is 17.2 Å². The van der Waals surface area contributed by atoms with Crippen molar-refractivity contribution in [1.29, 1.82) is 0 Å². The summed E-state index contributed by atoms with van der Waals surface area (Å²) in [7, 11) is 4.96. The molecule has 7 heteroatoms. The van der Waals surface area contributed by atoms with Crippen molar-refractivity contribution in [1.82, 2.24) is 10.2 Å². The molecule has 2 aromatic carbocycles. The predicted octanol–water partition coefficient (Wildman–Crippen LogP) is 3.31. The van der Waals surface area contributed by atoms with E-state index in [0.717, 1.165) is 43.0 Å². The highest BCUT2D eigenvalue weighted by Crippen LogP contribution is 2.33. The molecule has 0 radical (unpaired) electrons. The molecule has 166 valence electrons. The Kier molecular flexibility index (Phi) is 6.39. The van der Waals surface area contributed by atoms with Crippen LogP contribution in [0.3, 0.4) is 0 Å².